The number of carbonyl (C=O) groups excluding carboxylic acids is 1. The second-order valence-corrected chi connectivity index (χ2v) is 10.3. The third kappa shape index (κ3) is 5.92. The normalized spacial score (nSPS) is 14.2. The third-order valence-electron chi connectivity index (χ3n) is 4.93. The smallest absolute Gasteiger partial charge is 0.363 e. The fourth-order valence-electron chi connectivity index (χ4n) is 3.32. The molecule has 5 nitrogen and oxygen atoms in total. The molecule has 4 rings (SSSR count). The van der Waals surface area contributed by atoms with Gasteiger partial charge in [0.15, 0.2) is 17.2 Å². The zero-order chi connectivity index (χ0) is 24.2. The summed E-state index contributed by atoms with van der Waals surface area (Å²) in [5.74, 6) is 0.719. The van der Waals surface area contributed by atoms with Crippen LogP contribution in [0.1, 0.15) is 29.2 Å². The molecular weight excluding hydrogens is 680 g/mol. The van der Waals surface area contributed by atoms with Gasteiger partial charge in [0.2, 0.25) is 5.90 Å². The Labute approximate surface area is 230 Å². The van der Waals surface area contributed by atoms with E-state index in [0.29, 0.717) is 35.3 Å². The number of ether oxygens (including phenoxy) is 3. The molecule has 0 aromatic heterocycles. The highest BCUT2D eigenvalue weighted by Gasteiger charge is 2.25. The van der Waals surface area contributed by atoms with Crippen molar-refractivity contribution in [1.82, 2.24) is 0 Å². The van der Waals surface area contributed by atoms with Gasteiger partial charge in [-0.05, 0) is 124 Å². The minimum atomic E-state index is -0.515. The van der Waals surface area contributed by atoms with Crippen molar-refractivity contribution < 1.29 is 19.0 Å². The van der Waals surface area contributed by atoms with Crippen molar-refractivity contribution in [2.45, 2.75) is 20.5 Å². The van der Waals surface area contributed by atoms with Gasteiger partial charge in [-0.25, -0.2) is 9.79 Å². The SMILES string of the molecule is CCOc1cc(/C=C2\N=C(c3ccc(I)c(C)c3)OC2=O)cc(Cl)c1OCc1cccc(I)c1. The highest BCUT2D eigenvalue weighted by atomic mass is 127. The average molecular weight is 700 g/mol. The minimum Gasteiger partial charge on any atom is -0.490 e. The maximum absolute atomic E-state index is 12.5. The maximum atomic E-state index is 12.5. The summed E-state index contributed by atoms with van der Waals surface area (Å²) in [4.78, 5) is 16.9. The lowest BCUT2D eigenvalue weighted by Crippen LogP contribution is -2.05. The number of benzene rings is 3. The van der Waals surface area contributed by atoms with Crippen molar-refractivity contribution in [2.75, 3.05) is 6.61 Å². The molecule has 0 unspecified atom stereocenters. The molecule has 0 saturated heterocycles. The van der Waals surface area contributed by atoms with Crippen molar-refractivity contribution in [3.63, 3.8) is 0 Å². The lowest BCUT2D eigenvalue weighted by Gasteiger charge is -2.15. The summed E-state index contributed by atoms with van der Waals surface area (Å²) in [7, 11) is 0. The van der Waals surface area contributed by atoms with Crippen LogP contribution >= 0.6 is 56.8 Å². The van der Waals surface area contributed by atoms with Gasteiger partial charge < -0.3 is 14.2 Å². The van der Waals surface area contributed by atoms with Gasteiger partial charge in [0.05, 0.1) is 11.6 Å². The Kier molecular flexibility index (Phi) is 8.15. The Bertz CT molecular complexity index is 1320. The monoisotopic (exact) mass is 699 g/mol. The van der Waals surface area contributed by atoms with Crippen molar-refractivity contribution in [1.29, 1.82) is 0 Å². The Hall–Kier alpha value is -2.11. The van der Waals surface area contributed by atoms with Crippen LogP contribution in [0.2, 0.25) is 5.02 Å². The minimum absolute atomic E-state index is 0.192. The van der Waals surface area contributed by atoms with Crippen LogP contribution in [0.25, 0.3) is 6.08 Å². The fourth-order valence-corrected chi connectivity index (χ4v) is 4.54. The average Bonchev–Trinajstić information content (AvgIpc) is 3.15. The van der Waals surface area contributed by atoms with Gasteiger partial charge in [0.25, 0.3) is 0 Å². The van der Waals surface area contributed by atoms with E-state index in [9.17, 15) is 4.79 Å². The summed E-state index contributed by atoms with van der Waals surface area (Å²) in [6.45, 7) is 4.67. The standard InChI is InChI=1S/C26H20ClI2NO4/c1-3-32-23-13-17(11-20(27)24(23)33-14-16-5-4-6-19(28)10-16)12-22-26(31)34-25(30-22)18-7-8-21(29)15(2)9-18/h4-13H,3,14H2,1-2H3/b22-12-. The van der Waals surface area contributed by atoms with Gasteiger partial charge in [0.1, 0.15) is 6.61 Å². The van der Waals surface area contributed by atoms with Crippen LogP contribution in [0.4, 0.5) is 0 Å². The van der Waals surface area contributed by atoms with Crippen LogP contribution in [0.15, 0.2) is 65.3 Å². The number of hydrogen-bond acceptors (Lipinski definition) is 5. The first kappa shape index (κ1) is 25.0. The second kappa shape index (κ2) is 11.1. The van der Waals surface area contributed by atoms with Crippen molar-refractivity contribution in [3.05, 3.63) is 94.7 Å². The van der Waals surface area contributed by atoms with E-state index in [2.05, 4.69) is 50.2 Å². The first-order chi connectivity index (χ1) is 16.3. The van der Waals surface area contributed by atoms with Crippen molar-refractivity contribution in [3.8, 4) is 11.5 Å². The van der Waals surface area contributed by atoms with Crippen LogP contribution in [0.5, 0.6) is 11.5 Å². The Morgan fingerprint density at radius 2 is 1.91 bits per heavy atom. The van der Waals surface area contributed by atoms with Gasteiger partial charge in [-0.1, -0.05) is 23.7 Å². The molecule has 1 aliphatic rings. The van der Waals surface area contributed by atoms with Crippen molar-refractivity contribution >= 4 is 74.7 Å². The molecule has 0 fully saturated rings. The van der Waals surface area contributed by atoms with Gasteiger partial charge in [-0.3, -0.25) is 0 Å². The van der Waals surface area contributed by atoms with E-state index in [1.54, 1.807) is 18.2 Å². The van der Waals surface area contributed by atoms with Crippen LogP contribution in [0, 0.1) is 14.1 Å². The molecule has 8 heteroatoms. The zero-order valence-corrected chi connectivity index (χ0v) is 23.5. The van der Waals surface area contributed by atoms with E-state index in [4.69, 9.17) is 25.8 Å². The molecule has 0 spiro atoms. The number of aryl methyl sites for hydroxylation is 1. The highest BCUT2D eigenvalue weighted by molar-refractivity contribution is 14.1. The van der Waals surface area contributed by atoms with E-state index in [-0.39, 0.29) is 11.6 Å². The Morgan fingerprint density at radius 1 is 1.09 bits per heavy atom. The number of aliphatic imine (C=N–C) groups is 1. The molecule has 0 atom stereocenters. The summed E-state index contributed by atoms with van der Waals surface area (Å²) in [6, 6.07) is 17.3. The first-order valence-electron chi connectivity index (χ1n) is 10.5. The van der Waals surface area contributed by atoms with Gasteiger partial charge in [-0.15, -0.1) is 0 Å². The molecule has 0 amide bonds. The molecule has 3 aromatic rings. The predicted octanol–water partition coefficient (Wildman–Crippen LogP) is 7.18. The lowest BCUT2D eigenvalue weighted by molar-refractivity contribution is -0.129. The van der Waals surface area contributed by atoms with E-state index in [0.717, 1.165) is 23.8 Å². The number of cyclic esters (lactones) is 1. The molecule has 0 aliphatic carbocycles. The number of carbonyl (C=O) groups is 1. The number of rotatable bonds is 7. The molecule has 3 aromatic carbocycles. The molecular formula is C26H20ClI2NO4. The molecule has 174 valence electrons. The fraction of sp³-hybridized carbons (Fsp3) is 0.154. The molecule has 1 heterocycles. The third-order valence-corrected chi connectivity index (χ3v) is 7.09. The van der Waals surface area contributed by atoms with E-state index in [1.807, 2.05) is 56.3 Å². The molecule has 1 aliphatic heterocycles. The van der Waals surface area contributed by atoms with E-state index >= 15 is 0 Å². The zero-order valence-electron chi connectivity index (χ0n) is 18.4. The molecule has 34 heavy (non-hydrogen) atoms. The summed E-state index contributed by atoms with van der Waals surface area (Å²) in [5.41, 5.74) is 3.71. The molecule has 0 radical (unpaired) electrons. The number of halogens is 3. The van der Waals surface area contributed by atoms with E-state index < -0.39 is 5.97 Å². The van der Waals surface area contributed by atoms with Gasteiger partial charge in [-0.2, -0.15) is 0 Å². The largest absolute Gasteiger partial charge is 0.490 e. The predicted molar refractivity (Wildman–Crippen MR) is 151 cm³/mol. The summed E-state index contributed by atoms with van der Waals surface area (Å²) in [6.07, 6.45) is 1.63. The summed E-state index contributed by atoms with van der Waals surface area (Å²) < 4.78 is 19.4. The Balaban J connectivity index is 1.61. The highest BCUT2D eigenvalue weighted by Crippen LogP contribution is 2.38. The van der Waals surface area contributed by atoms with E-state index in [1.165, 1.54) is 0 Å². The van der Waals surface area contributed by atoms with Crippen LogP contribution < -0.4 is 9.47 Å². The molecule has 0 saturated carbocycles. The summed E-state index contributed by atoms with van der Waals surface area (Å²) >= 11 is 11.1. The lowest BCUT2D eigenvalue weighted by atomic mass is 10.1. The molecule has 0 N–H and O–H groups in total. The Morgan fingerprint density at radius 3 is 2.65 bits per heavy atom. The van der Waals surface area contributed by atoms with Crippen molar-refractivity contribution in [2.24, 2.45) is 4.99 Å². The number of esters is 1. The van der Waals surface area contributed by atoms with Gasteiger partial charge in [0, 0.05) is 12.7 Å². The number of nitrogens with zero attached hydrogens (tertiary/aromatic N) is 1. The van der Waals surface area contributed by atoms with Crippen LogP contribution in [-0.4, -0.2) is 18.5 Å². The topological polar surface area (TPSA) is 57.1 Å². The molecule has 0 bridgehead atoms. The first-order valence-corrected chi connectivity index (χ1v) is 13.0. The van der Waals surface area contributed by atoms with Crippen LogP contribution in [-0.2, 0) is 16.1 Å². The second-order valence-electron chi connectivity index (χ2n) is 7.48. The maximum Gasteiger partial charge on any atom is 0.363 e. The quantitative estimate of drug-likeness (QED) is 0.149. The summed E-state index contributed by atoms with van der Waals surface area (Å²) in [5, 5.41) is 0.382. The van der Waals surface area contributed by atoms with Gasteiger partial charge >= 0.3 is 5.97 Å². The number of hydrogen-bond donors (Lipinski definition) is 0. The van der Waals surface area contributed by atoms with Crippen LogP contribution in [0.3, 0.4) is 0 Å².